The van der Waals surface area contributed by atoms with Crippen LogP contribution in [0.25, 0.3) is 0 Å². The van der Waals surface area contributed by atoms with Gasteiger partial charge in [0.15, 0.2) is 0 Å². The molecule has 1 rings (SSSR count). The Morgan fingerprint density at radius 2 is 2.25 bits per heavy atom. The lowest BCUT2D eigenvalue weighted by atomic mass is 9.98. The Labute approximate surface area is 91.5 Å². The molecule has 0 aromatic carbocycles. The molecule has 4 nitrogen and oxygen atoms in total. The Morgan fingerprint density at radius 3 is 2.69 bits per heavy atom. The minimum Gasteiger partial charge on any atom is -0.383 e. The predicted octanol–water partition coefficient (Wildman–Crippen LogP) is 0.434. The quantitative estimate of drug-likeness (QED) is 0.749. The van der Waals surface area contributed by atoms with E-state index in [0.717, 1.165) is 13.0 Å². The van der Waals surface area contributed by atoms with Gasteiger partial charge in [-0.2, -0.15) is 13.2 Å². The van der Waals surface area contributed by atoms with Crippen molar-refractivity contribution >= 4 is 5.91 Å². The average Bonchev–Trinajstić information content (AvgIpc) is 2.62. The zero-order valence-corrected chi connectivity index (χ0v) is 8.99. The Bertz CT molecular complexity index is 250. The number of amides is 1. The molecule has 2 N–H and O–H groups in total. The van der Waals surface area contributed by atoms with Crippen LogP contribution in [0.15, 0.2) is 0 Å². The van der Waals surface area contributed by atoms with E-state index in [0.29, 0.717) is 6.42 Å². The van der Waals surface area contributed by atoms with E-state index in [1.165, 1.54) is 7.11 Å². The van der Waals surface area contributed by atoms with Crippen LogP contribution in [0.2, 0.25) is 0 Å². The SMILES string of the molecule is COCC1(CNC(=O)C(F)(F)F)CCCN1. The van der Waals surface area contributed by atoms with E-state index < -0.39 is 17.6 Å². The molecule has 1 aliphatic rings. The zero-order chi connectivity index (χ0) is 12.2. The second kappa shape index (κ2) is 5.01. The number of ether oxygens (including phenoxy) is 1. The van der Waals surface area contributed by atoms with Crippen LogP contribution in [-0.2, 0) is 9.53 Å². The fourth-order valence-electron chi connectivity index (χ4n) is 1.82. The van der Waals surface area contributed by atoms with Gasteiger partial charge in [0.2, 0.25) is 0 Å². The second-order valence-corrected chi connectivity index (χ2v) is 3.92. The summed E-state index contributed by atoms with van der Waals surface area (Å²) in [6, 6.07) is 0. The molecule has 1 aliphatic heterocycles. The summed E-state index contributed by atoms with van der Waals surface area (Å²) in [6.07, 6.45) is -3.27. The Kier molecular flexibility index (Phi) is 4.15. The first-order valence-corrected chi connectivity index (χ1v) is 4.99. The Hall–Kier alpha value is -0.820. The fraction of sp³-hybridized carbons (Fsp3) is 0.889. The van der Waals surface area contributed by atoms with Gasteiger partial charge in [-0.1, -0.05) is 0 Å². The highest BCUT2D eigenvalue weighted by atomic mass is 19.4. The van der Waals surface area contributed by atoms with E-state index in [1.54, 1.807) is 0 Å². The number of hydrogen-bond donors (Lipinski definition) is 2. The van der Waals surface area contributed by atoms with E-state index >= 15 is 0 Å². The first kappa shape index (κ1) is 13.2. The number of carbonyl (C=O) groups is 1. The molecule has 1 amide bonds. The molecule has 0 aromatic heterocycles. The first-order valence-electron chi connectivity index (χ1n) is 4.99. The van der Waals surface area contributed by atoms with Crippen LogP contribution >= 0.6 is 0 Å². The summed E-state index contributed by atoms with van der Waals surface area (Å²) >= 11 is 0. The molecule has 94 valence electrons. The van der Waals surface area contributed by atoms with Gasteiger partial charge >= 0.3 is 12.1 Å². The summed E-state index contributed by atoms with van der Waals surface area (Å²) in [5.41, 5.74) is -0.560. The van der Waals surface area contributed by atoms with Gasteiger partial charge in [0, 0.05) is 13.7 Å². The van der Waals surface area contributed by atoms with Gasteiger partial charge in [-0.15, -0.1) is 0 Å². The molecule has 1 saturated heterocycles. The number of rotatable bonds is 4. The topological polar surface area (TPSA) is 50.4 Å². The van der Waals surface area contributed by atoms with Crippen LogP contribution < -0.4 is 10.6 Å². The van der Waals surface area contributed by atoms with Crippen molar-refractivity contribution in [1.82, 2.24) is 10.6 Å². The lowest BCUT2D eigenvalue weighted by Crippen LogP contribution is -2.54. The number of carbonyl (C=O) groups excluding carboxylic acids is 1. The first-order chi connectivity index (χ1) is 7.40. The monoisotopic (exact) mass is 240 g/mol. The van der Waals surface area contributed by atoms with E-state index in [2.05, 4.69) is 5.32 Å². The Morgan fingerprint density at radius 1 is 1.56 bits per heavy atom. The number of hydrogen-bond acceptors (Lipinski definition) is 3. The lowest BCUT2D eigenvalue weighted by molar-refractivity contribution is -0.174. The van der Waals surface area contributed by atoms with Crippen molar-refractivity contribution < 1.29 is 22.7 Å². The summed E-state index contributed by atoms with van der Waals surface area (Å²) in [5.74, 6) is -1.91. The highest BCUT2D eigenvalue weighted by Gasteiger charge is 2.41. The van der Waals surface area contributed by atoms with Crippen molar-refractivity contribution in [3.63, 3.8) is 0 Å². The smallest absolute Gasteiger partial charge is 0.383 e. The van der Waals surface area contributed by atoms with Crippen LogP contribution in [0.3, 0.4) is 0 Å². The van der Waals surface area contributed by atoms with Crippen molar-refractivity contribution in [1.29, 1.82) is 0 Å². The molecule has 1 fully saturated rings. The summed E-state index contributed by atoms with van der Waals surface area (Å²) in [4.78, 5) is 10.7. The minimum absolute atomic E-state index is 0.0703. The molecule has 0 radical (unpaired) electrons. The predicted molar refractivity (Wildman–Crippen MR) is 50.9 cm³/mol. The normalized spacial score (nSPS) is 25.8. The molecule has 0 spiro atoms. The van der Waals surface area contributed by atoms with Crippen molar-refractivity contribution in [2.45, 2.75) is 24.6 Å². The van der Waals surface area contributed by atoms with Gasteiger partial charge in [-0.25, -0.2) is 0 Å². The second-order valence-electron chi connectivity index (χ2n) is 3.92. The standard InChI is InChI=1S/C9H15F3N2O2/c1-16-6-8(3-2-4-14-8)5-13-7(15)9(10,11)12/h14H,2-6H2,1H3,(H,13,15). The molecule has 0 aromatic rings. The van der Waals surface area contributed by atoms with Gasteiger partial charge in [0.05, 0.1) is 12.1 Å². The zero-order valence-electron chi connectivity index (χ0n) is 8.99. The number of nitrogens with one attached hydrogen (secondary N) is 2. The highest BCUT2D eigenvalue weighted by Crippen LogP contribution is 2.20. The van der Waals surface area contributed by atoms with Crippen LogP contribution in [0.4, 0.5) is 13.2 Å². The van der Waals surface area contributed by atoms with E-state index in [1.807, 2.05) is 5.32 Å². The van der Waals surface area contributed by atoms with Gasteiger partial charge in [-0.3, -0.25) is 4.79 Å². The summed E-state index contributed by atoms with van der Waals surface area (Å²) < 4.78 is 40.9. The molecular formula is C9H15F3N2O2. The third-order valence-electron chi connectivity index (χ3n) is 2.60. The number of halogens is 3. The molecule has 0 bridgehead atoms. The van der Waals surface area contributed by atoms with E-state index in [-0.39, 0.29) is 13.2 Å². The molecular weight excluding hydrogens is 225 g/mol. The maximum atomic E-state index is 12.0. The fourth-order valence-corrected chi connectivity index (χ4v) is 1.82. The number of methoxy groups -OCH3 is 1. The molecule has 0 saturated carbocycles. The van der Waals surface area contributed by atoms with Crippen molar-refractivity contribution in [3.05, 3.63) is 0 Å². The third-order valence-corrected chi connectivity index (χ3v) is 2.60. The highest BCUT2D eigenvalue weighted by molar-refractivity contribution is 5.81. The van der Waals surface area contributed by atoms with E-state index in [9.17, 15) is 18.0 Å². The maximum Gasteiger partial charge on any atom is 0.471 e. The maximum absolute atomic E-state index is 12.0. The van der Waals surface area contributed by atoms with Crippen molar-refractivity contribution in [2.24, 2.45) is 0 Å². The molecule has 1 atom stereocenters. The van der Waals surface area contributed by atoms with Crippen LogP contribution in [0.5, 0.6) is 0 Å². The van der Waals surface area contributed by atoms with Gasteiger partial charge in [0.25, 0.3) is 0 Å². The molecule has 0 aliphatic carbocycles. The van der Waals surface area contributed by atoms with Crippen LogP contribution in [-0.4, -0.2) is 44.4 Å². The summed E-state index contributed by atoms with van der Waals surface area (Å²) in [7, 11) is 1.48. The lowest BCUT2D eigenvalue weighted by Gasteiger charge is -2.29. The van der Waals surface area contributed by atoms with Crippen LogP contribution in [0.1, 0.15) is 12.8 Å². The molecule has 1 unspecified atom stereocenters. The summed E-state index contributed by atoms with van der Waals surface area (Å²) in [5, 5.41) is 4.95. The third kappa shape index (κ3) is 3.34. The largest absolute Gasteiger partial charge is 0.471 e. The number of alkyl halides is 3. The van der Waals surface area contributed by atoms with Gasteiger partial charge in [0.1, 0.15) is 0 Å². The Balaban J connectivity index is 2.48. The minimum atomic E-state index is -4.83. The van der Waals surface area contributed by atoms with Crippen molar-refractivity contribution in [3.8, 4) is 0 Å². The van der Waals surface area contributed by atoms with Gasteiger partial charge in [-0.05, 0) is 19.4 Å². The molecule has 16 heavy (non-hydrogen) atoms. The van der Waals surface area contributed by atoms with Gasteiger partial charge < -0.3 is 15.4 Å². The van der Waals surface area contributed by atoms with Crippen molar-refractivity contribution in [2.75, 3.05) is 26.8 Å². The summed E-state index contributed by atoms with van der Waals surface area (Å²) in [6.45, 7) is 0.940. The molecule has 7 heteroatoms. The molecule has 1 heterocycles. The van der Waals surface area contributed by atoms with E-state index in [4.69, 9.17) is 4.74 Å². The van der Waals surface area contributed by atoms with Crippen LogP contribution in [0, 0.1) is 0 Å². The average molecular weight is 240 g/mol.